The highest BCUT2D eigenvalue weighted by atomic mass is 19.4. The van der Waals surface area contributed by atoms with E-state index in [1.54, 1.807) is 19.1 Å². The summed E-state index contributed by atoms with van der Waals surface area (Å²) in [6.07, 6.45) is -6.51. The van der Waals surface area contributed by atoms with E-state index in [1.165, 1.54) is 24.4 Å². The molecule has 1 aliphatic heterocycles. The minimum absolute atomic E-state index is 0.143. The molecule has 1 atom stereocenters. The Hall–Kier alpha value is -2.58. The van der Waals surface area contributed by atoms with Crippen molar-refractivity contribution in [2.24, 2.45) is 4.99 Å². The zero-order valence-electron chi connectivity index (χ0n) is 12.3. The number of carbonyl (C=O) groups excluding carboxylic acids is 2. The van der Waals surface area contributed by atoms with Gasteiger partial charge in [-0.1, -0.05) is 29.8 Å². The van der Waals surface area contributed by atoms with Crippen LogP contribution in [-0.4, -0.2) is 36.3 Å². The van der Waals surface area contributed by atoms with E-state index in [2.05, 4.69) is 15.0 Å². The van der Waals surface area contributed by atoms with Crippen molar-refractivity contribution in [3.05, 3.63) is 35.4 Å². The van der Waals surface area contributed by atoms with Crippen LogP contribution in [-0.2, 0) is 9.53 Å². The quantitative estimate of drug-likeness (QED) is 0.888. The Morgan fingerprint density at radius 2 is 1.96 bits per heavy atom. The Bertz CT molecular complexity index is 655. The molecule has 0 saturated carbocycles. The van der Waals surface area contributed by atoms with Gasteiger partial charge in [0.15, 0.2) is 0 Å². The second-order valence-corrected chi connectivity index (χ2v) is 4.83. The van der Waals surface area contributed by atoms with Crippen LogP contribution in [0, 0.1) is 6.92 Å². The molecule has 0 aliphatic carbocycles. The Kier molecular flexibility index (Phi) is 4.31. The zero-order valence-corrected chi connectivity index (χ0v) is 12.3. The second kappa shape index (κ2) is 5.90. The number of aryl methyl sites for hydroxylation is 1. The minimum Gasteiger partial charge on any atom is -0.450 e. The van der Waals surface area contributed by atoms with Crippen molar-refractivity contribution < 1.29 is 27.5 Å². The molecule has 2 amide bonds. The molecule has 9 heteroatoms. The summed E-state index contributed by atoms with van der Waals surface area (Å²) in [5, 5.41) is 3.56. The molecule has 0 radical (unpaired) electrons. The number of amides is 2. The molecular weight excluding hydrogens is 315 g/mol. The van der Waals surface area contributed by atoms with E-state index in [9.17, 15) is 22.8 Å². The van der Waals surface area contributed by atoms with E-state index in [1.807, 2.05) is 0 Å². The Morgan fingerprint density at radius 3 is 2.48 bits per heavy atom. The number of nitrogens with one attached hydrogen (secondary N) is 2. The number of hydrogen-bond donors (Lipinski definition) is 2. The molecule has 0 spiro atoms. The zero-order chi connectivity index (χ0) is 17.3. The molecule has 0 bridgehead atoms. The van der Waals surface area contributed by atoms with Crippen LogP contribution in [0.1, 0.15) is 18.1 Å². The normalized spacial score (nSPS) is 20.7. The molecule has 0 aromatic heterocycles. The van der Waals surface area contributed by atoms with Crippen LogP contribution < -0.4 is 10.6 Å². The maximum absolute atomic E-state index is 13.4. The van der Waals surface area contributed by atoms with Gasteiger partial charge in [-0.2, -0.15) is 13.2 Å². The molecule has 0 unspecified atom stereocenters. The SMILES string of the molecule is CCOC(=O)N[C@@]1(C(F)(F)F)N=C(c2ccc(C)cc2)NC1=O. The molecule has 2 N–H and O–H groups in total. The number of benzene rings is 1. The lowest BCUT2D eigenvalue weighted by Gasteiger charge is -2.26. The van der Waals surface area contributed by atoms with Crippen molar-refractivity contribution in [1.29, 1.82) is 0 Å². The molecule has 2 rings (SSSR count). The van der Waals surface area contributed by atoms with Gasteiger partial charge >= 0.3 is 17.9 Å². The fraction of sp³-hybridized carbons (Fsp3) is 0.357. The van der Waals surface area contributed by atoms with E-state index >= 15 is 0 Å². The van der Waals surface area contributed by atoms with Gasteiger partial charge in [-0.15, -0.1) is 0 Å². The Balaban J connectivity index is 2.43. The van der Waals surface area contributed by atoms with Gasteiger partial charge in [0, 0.05) is 5.56 Å². The fourth-order valence-corrected chi connectivity index (χ4v) is 1.96. The van der Waals surface area contributed by atoms with E-state index < -0.39 is 23.8 Å². The van der Waals surface area contributed by atoms with Crippen LogP contribution in [0.25, 0.3) is 0 Å². The van der Waals surface area contributed by atoms with Crippen molar-refractivity contribution in [3.8, 4) is 0 Å². The van der Waals surface area contributed by atoms with Gasteiger partial charge in [0.25, 0.3) is 5.91 Å². The highest BCUT2D eigenvalue weighted by Gasteiger charge is 2.65. The summed E-state index contributed by atoms with van der Waals surface area (Å²) in [4.78, 5) is 26.7. The number of nitrogens with zero attached hydrogens (tertiary/aromatic N) is 1. The average molecular weight is 329 g/mol. The van der Waals surface area contributed by atoms with Gasteiger partial charge in [-0.05, 0) is 13.8 Å². The van der Waals surface area contributed by atoms with Crippen LogP contribution >= 0.6 is 0 Å². The first-order chi connectivity index (χ1) is 10.7. The summed E-state index contributed by atoms with van der Waals surface area (Å²) in [5.41, 5.74) is -2.22. The van der Waals surface area contributed by atoms with Crippen molar-refractivity contribution in [2.45, 2.75) is 25.7 Å². The molecular formula is C14H14F3N3O3. The van der Waals surface area contributed by atoms with Gasteiger partial charge < -0.3 is 10.1 Å². The van der Waals surface area contributed by atoms with Gasteiger partial charge in [0.1, 0.15) is 5.84 Å². The number of amidine groups is 1. The number of aliphatic imine (C=N–C) groups is 1. The molecule has 1 aromatic carbocycles. The number of halogens is 3. The van der Waals surface area contributed by atoms with E-state index in [0.29, 0.717) is 5.56 Å². The molecule has 124 valence electrons. The lowest BCUT2D eigenvalue weighted by atomic mass is 10.1. The number of alkyl carbamates (subject to hydrolysis) is 1. The maximum atomic E-state index is 13.4. The van der Waals surface area contributed by atoms with Crippen molar-refractivity contribution in [1.82, 2.24) is 10.6 Å². The van der Waals surface area contributed by atoms with Crippen LogP contribution in [0.5, 0.6) is 0 Å². The van der Waals surface area contributed by atoms with E-state index in [-0.39, 0.29) is 12.4 Å². The van der Waals surface area contributed by atoms with Gasteiger partial charge in [0.2, 0.25) is 0 Å². The number of alkyl halides is 3. The molecule has 6 nitrogen and oxygen atoms in total. The number of hydrogen-bond acceptors (Lipinski definition) is 4. The van der Waals surface area contributed by atoms with Crippen LogP contribution in [0.2, 0.25) is 0 Å². The predicted octanol–water partition coefficient (Wildman–Crippen LogP) is 1.88. The van der Waals surface area contributed by atoms with E-state index in [4.69, 9.17) is 0 Å². The van der Waals surface area contributed by atoms with Crippen LogP contribution in [0.15, 0.2) is 29.3 Å². The summed E-state index contributed by atoms with van der Waals surface area (Å²) >= 11 is 0. The summed E-state index contributed by atoms with van der Waals surface area (Å²) < 4.78 is 44.6. The summed E-state index contributed by atoms with van der Waals surface area (Å²) in [6, 6.07) is 6.36. The third-order valence-electron chi connectivity index (χ3n) is 3.13. The largest absolute Gasteiger partial charge is 0.450 e. The predicted molar refractivity (Wildman–Crippen MR) is 74.8 cm³/mol. The third-order valence-corrected chi connectivity index (χ3v) is 3.13. The monoisotopic (exact) mass is 329 g/mol. The first kappa shape index (κ1) is 16.8. The number of rotatable bonds is 3. The first-order valence-corrected chi connectivity index (χ1v) is 6.69. The Labute approximate surface area is 129 Å². The van der Waals surface area contributed by atoms with Gasteiger partial charge in [0.05, 0.1) is 6.61 Å². The minimum atomic E-state index is -5.13. The molecule has 1 aromatic rings. The molecule has 23 heavy (non-hydrogen) atoms. The lowest BCUT2D eigenvalue weighted by Crippen LogP contribution is -2.63. The summed E-state index contributed by atoms with van der Waals surface area (Å²) in [5.74, 6) is -1.77. The first-order valence-electron chi connectivity index (χ1n) is 6.69. The molecule has 0 saturated heterocycles. The average Bonchev–Trinajstić information content (AvgIpc) is 2.78. The number of ether oxygens (including phenoxy) is 1. The Morgan fingerprint density at radius 1 is 1.35 bits per heavy atom. The van der Waals surface area contributed by atoms with Crippen LogP contribution in [0.4, 0.5) is 18.0 Å². The smallest absolute Gasteiger partial charge is 0.442 e. The molecule has 1 heterocycles. The van der Waals surface area contributed by atoms with Gasteiger partial charge in [-0.25, -0.2) is 9.79 Å². The topological polar surface area (TPSA) is 79.8 Å². The van der Waals surface area contributed by atoms with Crippen molar-refractivity contribution >= 4 is 17.8 Å². The highest BCUT2D eigenvalue weighted by Crippen LogP contribution is 2.35. The van der Waals surface area contributed by atoms with Gasteiger partial charge in [-0.3, -0.25) is 10.1 Å². The summed E-state index contributed by atoms with van der Waals surface area (Å²) in [7, 11) is 0. The van der Waals surface area contributed by atoms with Crippen molar-refractivity contribution in [2.75, 3.05) is 6.61 Å². The maximum Gasteiger partial charge on any atom is 0.442 e. The highest BCUT2D eigenvalue weighted by molar-refractivity contribution is 6.16. The van der Waals surface area contributed by atoms with Crippen LogP contribution in [0.3, 0.4) is 0 Å². The van der Waals surface area contributed by atoms with Crippen molar-refractivity contribution in [3.63, 3.8) is 0 Å². The third kappa shape index (κ3) is 3.13. The lowest BCUT2D eigenvalue weighted by molar-refractivity contribution is -0.193. The molecule has 0 fully saturated rings. The molecule has 1 aliphatic rings. The van der Waals surface area contributed by atoms with E-state index in [0.717, 1.165) is 5.56 Å². The standard InChI is InChI=1S/C14H14F3N3O3/c1-3-23-12(22)20-13(14(15,16)17)11(21)18-10(19-13)9-6-4-8(2)5-7-9/h4-7H,3H2,1-2H3,(H,20,22)(H,18,19,21)/t13-/m0/s1. The summed E-state index contributed by atoms with van der Waals surface area (Å²) in [6.45, 7) is 3.09. The second-order valence-electron chi connectivity index (χ2n) is 4.83. The number of carbonyl (C=O) groups is 2. The fourth-order valence-electron chi connectivity index (χ4n) is 1.96.